The van der Waals surface area contributed by atoms with Gasteiger partial charge in [-0.25, -0.2) is 0 Å². The minimum absolute atomic E-state index is 0.0899. The van der Waals surface area contributed by atoms with E-state index in [0.29, 0.717) is 6.42 Å². The average Bonchev–Trinajstić information content (AvgIpc) is 2.50. The van der Waals surface area contributed by atoms with Crippen molar-refractivity contribution in [1.29, 1.82) is 0 Å². The summed E-state index contributed by atoms with van der Waals surface area (Å²) in [6.45, 7) is 11.4. The quantitative estimate of drug-likeness (QED) is 0.276. The van der Waals surface area contributed by atoms with E-state index in [1.54, 1.807) is 54.5 Å². The zero-order valence-corrected chi connectivity index (χ0v) is 17.9. The van der Waals surface area contributed by atoms with E-state index in [9.17, 15) is 14.2 Å². The van der Waals surface area contributed by atoms with Gasteiger partial charge in [-0.1, -0.05) is 11.6 Å². The number of ether oxygens (including phenoxy) is 2. The van der Waals surface area contributed by atoms with Crippen LogP contribution in [-0.4, -0.2) is 43.0 Å². The van der Waals surface area contributed by atoms with E-state index in [1.165, 1.54) is 0 Å². The van der Waals surface area contributed by atoms with E-state index < -0.39 is 36.9 Å². The van der Waals surface area contributed by atoms with E-state index in [1.807, 2.05) is 0 Å². The molecule has 0 saturated carbocycles. The summed E-state index contributed by atoms with van der Waals surface area (Å²) in [5.74, 6) is -0.971. The fourth-order valence-electron chi connectivity index (χ4n) is 1.50. The minimum Gasteiger partial charge on any atom is -0.455 e. The number of allylic oxidation sites excluding steroid dienone is 1. The molecule has 1 atom stereocenters. The summed E-state index contributed by atoms with van der Waals surface area (Å²) < 4.78 is 28.4. The van der Waals surface area contributed by atoms with Crippen molar-refractivity contribution in [2.75, 3.05) is 25.9 Å². The molecule has 0 fully saturated rings. The second-order valence-corrected chi connectivity index (χ2v) is 10.9. The maximum Gasteiger partial charge on any atom is 0.313 e. The molecule has 0 aliphatic heterocycles. The van der Waals surface area contributed by atoms with Gasteiger partial charge in [0.05, 0.1) is 17.4 Å². The maximum atomic E-state index is 13.0. The van der Waals surface area contributed by atoms with Gasteiger partial charge < -0.3 is 14.6 Å². The van der Waals surface area contributed by atoms with Crippen LogP contribution in [0.2, 0.25) is 0 Å². The molecule has 7 nitrogen and oxygen atoms in total. The van der Waals surface area contributed by atoms with Crippen molar-refractivity contribution in [3.63, 3.8) is 0 Å². The molecule has 0 aliphatic rings. The summed E-state index contributed by atoms with van der Waals surface area (Å²) >= 11 is 0. The van der Waals surface area contributed by atoms with Gasteiger partial charge in [-0.3, -0.25) is 18.7 Å². The van der Waals surface area contributed by atoms with Crippen LogP contribution in [0.15, 0.2) is 11.6 Å². The molecule has 0 saturated heterocycles. The van der Waals surface area contributed by atoms with Crippen molar-refractivity contribution in [2.45, 2.75) is 54.9 Å². The van der Waals surface area contributed by atoms with Crippen LogP contribution in [0.4, 0.5) is 0 Å². The topological polar surface area (TPSA) is 99.1 Å². The molecule has 152 valence electrons. The minimum atomic E-state index is -3.36. The Kier molecular flexibility index (Phi) is 9.78. The second kappa shape index (κ2) is 10.2. The average molecular weight is 392 g/mol. The van der Waals surface area contributed by atoms with E-state index in [2.05, 4.69) is 0 Å². The molecule has 0 radical (unpaired) electrons. The Morgan fingerprint density at radius 3 is 1.96 bits per heavy atom. The van der Waals surface area contributed by atoms with E-state index in [0.717, 1.165) is 5.57 Å². The number of carbonyl (C=O) groups is 2. The van der Waals surface area contributed by atoms with Crippen LogP contribution in [0.5, 0.6) is 0 Å². The lowest BCUT2D eigenvalue weighted by Crippen LogP contribution is -2.25. The number of hydrogen-bond acceptors (Lipinski definition) is 7. The lowest BCUT2D eigenvalue weighted by Gasteiger charge is -2.22. The Bertz CT molecular complexity index is 553. The van der Waals surface area contributed by atoms with Gasteiger partial charge in [0, 0.05) is 6.16 Å². The molecule has 8 heteroatoms. The van der Waals surface area contributed by atoms with Crippen LogP contribution >= 0.6 is 7.37 Å². The van der Waals surface area contributed by atoms with Crippen LogP contribution in [-0.2, 0) is 28.2 Å². The number of esters is 2. The summed E-state index contributed by atoms with van der Waals surface area (Å²) in [5.41, 5.74) is -0.688. The van der Waals surface area contributed by atoms with E-state index >= 15 is 0 Å². The molecule has 0 rings (SSSR count). The first-order valence-corrected chi connectivity index (χ1v) is 10.5. The number of hydrogen-bond donors (Lipinski definition) is 1. The highest BCUT2D eigenvalue weighted by Crippen LogP contribution is 2.48. The monoisotopic (exact) mass is 392 g/mol. The van der Waals surface area contributed by atoms with Gasteiger partial charge in [0.1, 0.15) is 0 Å². The molecule has 0 heterocycles. The van der Waals surface area contributed by atoms with E-state index in [-0.39, 0.29) is 19.1 Å². The molecule has 0 spiro atoms. The molecule has 0 aromatic carbocycles. The van der Waals surface area contributed by atoms with Gasteiger partial charge in [-0.2, -0.15) is 0 Å². The van der Waals surface area contributed by atoms with Gasteiger partial charge in [0.25, 0.3) is 0 Å². The van der Waals surface area contributed by atoms with Crippen molar-refractivity contribution in [3.05, 3.63) is 11.6 Å². The Morgan fingerprint density at radius 2 is 1.50 bits per heavy atom. The molecule has 0 amide bonds. The highest BCUT2D eigenvalue weighted by molar-refractivity contribution is 7.58. The molecule has 1 unspecified atom stereocenters. The second-order valence-electron chi connectivity index (χ2n) is 8.28. The summed E-state index contributed by atoms with van der Waals surface area (Å²) in [6, 6.07) is 0. The van der Waals surface area contributed by atoms with Gasteiger partial charge in [0.2, 0.25) is 7.37 Å². The summed E-state index contributed by atoms with van der Waals surface area (Å²) in [7, 11) is -3.36. The third-order valence-corrected chi connectivity index (χ3v) is 5.35. The molecule has 0 aliphatic carbocycles. The normalized spacial score (nSPS) is 15.3. The lowest BCUT2D eigenvalue weighted by molar-refractivity contribution is -0.160. The SMILES string of the molecule is C/C(=C\CCP(=O)(COC(=O)C(C)(C)C)OCOC(=O)C(C)(C)C)CO. The first-order chi connectivity index (χ1) is 11.7. The lowest BCUT2D eigenvalue weighted by atomic mass is 9.98. The van der Waals surface area contributed by atoms with Crippen LogP contribution in [0, 0.1) is 10.8 Å². The predicted molar refractivity (Wildman–Crippen MR) is 99.8 cm³/mol. The van der Waals surface area contributed by atoms with Crippen molar-refractivity contribution in [1.82, 2.24) is 0 Å². The number of aliphatic hydroxyl groups excluding tert-OH is 1. The van der Waals surface area contributed by atoms with Crippen molar-refractivity contribution in [2.24, 2.45) is 10.8 Å². The van der Waals surface area contributed by atoms with Gasteiger partial charge in [0.15, 0.2) is 13.1 Å². The van der Waals surface area contributed by atoms with E-state index in [4.69, 9.17) is 19.1 Å². The molecule has 0 bridgehead atoms. The smallest absolute Gasteiger partial charge is 0.313 e. The molecule has 26 heavy (non-hydrogen) atoms. The fraction of sp³-hybridized carbons (Fsp3) is 0.778. The Labute approximate surface area is 156 Å². The molecular formula is C18H33O7P. The number of carbonyl (C=O) groups excluding carboxylic acids is 2. The predicted octanol–water partition coefficient (Wildman–Crippen LogP) is 3.70. The molecule has 1 N–H and O–H groups in total. The summed E-state index contributed by atoms with van der Waals surface area (Å²) in [6.07, 6.45) is 1.84. The van der Waals surface area contributed by atoms with Gasteiger partial charge in [-0.15, -0.1) is 0 Å². The molecule has 0 aromatic rings. The zero-order chi connectivity index (χ0) is 20.6. The highest BCUT2D eigenvalue weighted by atomic mass is 31.2. The number of aliphatic hydroxyl groups is 1. The van der Waals surface area contributed by atoms with Crippen LogP contribution in [0.25, 0.3) is 0 Å². The summed E-state index contributed by atoms with van der Waals surface area (Å²) in [4.78, 5) is 23.7. The van der Waals surface area contributed by atoms with Crippen LogP contribution in [0.3, 0.4) is 0 Å². The van der Waals surface area contributed by atoms with Crippen molar-refractivity contribution < 1.29 is 33.3 Å². The Balaban J connectivity index is 4.89. The largest absolute Gasteiger partial charge is 0.455 e. The highest BCUT2D eigenvalue weighted by Gasteiger charge is 2.30. The standard InChI is InChI=1S/C18H33O7P/c1-14(11-19)9-8-10-26(22,13-24-16(21)18(5,6)7)25-12-23-15(20)17(2,3)4/h9,19H,8,10-13H2,1-7H3/b14-9+. The van der Waals surface area contributed by atoms with Crippen molar-refractivity contribution in [3.8, 4) is 0 Å². The van der Waals surface area contributed by atoms with Crippen molar-refractivity contribution >= 4 is 19.3 Å². The summed E-state index contributed by atoms with van der Waals surface area (Å²) in [5, 5.41) is 9.01. The third kappa shape index (κ3) is 10.1. The van der Waals surface area contributed by atoms with Crippen LogP contribution < -0.4 is 0 Å². The Morgan fingerprint density at radius 1 is 1.00 bits per heavy atom. The number of rotatable bonds is 9. The zero-order valence-electron chi connectivity index (χ0n) is 17.0. The third-order valence-electron chi connectivity index (χ3n) is 3.31. The van der Waals surface area contributed by atoms with Gasteiger partial charge in [-0.05, 0) is 54.9 Å². The van der Waals surface area contributed by atoms with Crippen LogP contribution in [0.1, 0.15) is 54.9 Å². The molecular weight excluding hydrogens is 359 g/mol. The Hall–Kier alpha value is -1.17. The first-order valence-electron chi connectivity index (χ1n) is 8.55. The fourth-order valence-corrected chi connectivity index (χ4v) is 2.92. The molecule has 0 aromatic heterocycles. The maximum absolute atomic E-state index is 13.0. The van der Waals surface area contributed by atoms with Gasteiger partial charge >= 0.3 is 11.9 Å². The first kappa shape index (κ1) is 24.8.